The summed E-state index contributed by atoms with van der Waals surface area (Å²) in [6, 6.07) is 0. The van der Waals surface area contributed by atoms with Crippen molar-refractivity contribution >= 4 is 51.7 Å². The maximum absolute atomic E-state index is 9.66. The highest BCUT2D eigenvalue weighted by atomic mass is 127. The normalized spacial score (nSPS) is 13.7. The Bertz CT molecular complexity index is 48.8. The molecule has 0 radical (unpaired) electrons. The molecule has 6 heavy (non-hydrogen) atoms. The van der Waals surface area contributed by atoms with Crippen molar-refractivity contribution < 1.29 is 4.79 Å². The van der Waals surface area contributed by atoms with E-state index in [4.69, 9.17) is 0 Å². The molecule has 1 N–H and O–H groups in total. The number of hydrogen-bond acceptors (Lipinski definition) is 2. The van der Waals surface area contributed by atoms with E-state index in [1.165, 1.54) is 0 Å². The summed E-state index contributed by atoms with van der Waals surface area (Å²) in [5, 5.41) is 0. The molecular weight excluding hydrogens is 308 g/mol. The summed E-state index contributed by atoms with van der Waals surface area (Å²) in [5.41, 5.74) is 0. The Hall–Kier alpha value is 1.09. The number of aldehydes is 1. The number of alkyl halides is 1. The molecule has 0 amide bonds. The molecule has 0 aliphatic carbocycles. The van der Waals surface area contributed by atoms with Gasteiger partial charge in [-0.3, -0.25) is 0 Å². The van der Waals surface area contributed by atoms with E-state index in [9.17, 15) is 4.79 Å². The van der Waals surface area contributed by atoms with Crippen LogP contribution in [-0.4, -0.2) is 10.3 Å². The van der Waals surface area contributed by atoms with Gasteiger partial charge in [0, 0.05) is 22.9 Å². The molecule has 0 saturated heterocycles. The molecule has 0 aliphatic rings. The summed E-state index contributed by atoms with van der Waals surface area (Å²) in [7, 11) is 0. The second-order valence-corrected chi connectivity index (χ2v) is 2.61. The lowest BCUT2D eigenvalue weighted by atomic mass is 10.8. The fourth-order valence-corrected chi connectivity index (χ4v) is 0.173. The van der Waals surface area contributed by atoms with Crippen LogP contribution < -0.4 is 3.53 Å². The Kier molecular flexibility index (Phi) is 5.03. The molecule has 0 spiro atoms. The van der Waals surface area contributed by atoms with Crippen molar-refractivity contribution in [2.24, 2.45) is 0 Å². The smallest absolute Gasteiger partial charge is 0.147 e. The monoisotopic (exact) mass is 311 g/mol. The zero-order chi connectivity index (χ0) is 4.99. The van der Waals surface area contributed by atoms with Crippen LogP contribution in [0.2, 0.25) is 0 Å². The molecule has 2 nitrogen and oxygen atoms in total. The van der Waals surface area contributed by atoms with Gasteiger partial charge in [-0.15, -0.1) is 0 Å². The largest absolute Gasteiger partial charge is 0.301 e. The molecule has 0 rings (SSSR count). The van der Waals surface area contributed by atoms with Gasteiger partial charge in [0.2, 0.25) is 0 Å². The third kappa shape index (κ3) is 3.29. The summed E-state index contributed by atoms with van der Waals surface area (Å²) in [6.45, 7) is 0. The standard InChI is InChI=1S/C2H3I2NO/c3-2(1-6)5-4/h1-2,5H. The van der Waals surface area contributed by atoms with Gasteiger partial charge in [-0.2, -0.15) is 0 Å². The average Bonchev–Trinajstić information content (AvgIpc) is 1.65. The molecule has 0 aromatic heterocycles. The molecule has 0 heterocycles. The number of halogens is 2. The van der Waals surface area contributed by atoms with E-state index in [-0.39, 0.29) is 4.05 Å². The third-order valence-electron chi connectivity index (χ3n) is 0.224. The molecule has 4 heteroatoms. The molecule has 1 unspecified atom stereocenters. The maximum Gasteiger partial charge on any atom is 0.147 e. The van der Waals surface area contributed by atoms with Crippen LogP contribution in [0.4, 0.5) is 0 Å². The summed E-state index contributed by atoms with van der Waals surface area (Å²) in [4.78, 5) is 9.66. The zero-order valence-corrected chi connectivity index (χ0v) is 7.13. The van der Waals surface area contributed by atoms with E-state index in [0.29, 0.717) is 0 Å². The van der Waals surface area contributed by atoms with Crippen LogP contribution in [0.1, 0.15) is 0 Å². The molecule has 0 bridgehead atoms. The van der Waals surface area contributed by atoms with Gasteiger partial charge in [0.15, 0.2) is 0 Å². The van der Waals surface area contributed by atoms with Crippen molar-refractivity contribution in [2.45, 2.75) is 4.05 Å². The van der Waals surface area contributed by atoms with Crippen LogP contribution in [0, 0.1) is 0 Å². The lowest BCUT2D eigenvalue weighted by Gasteiger charge is -1.89. The fourth-order valence-electron chi connectivity index (χ4n) is 0.0257. The highest BCUT2D eigenvalue weighted by molar-refractivity contribution is 14.1. The minimum atomic E-state index is -0.0387. The Morgan fingerprint density at radius 1 is 1.83 bits per heavy atom. The number of hydrogen-bond donors (Lipinski definition) is 1. The van der Waals surface area contributed by atoms with Gasteiger partial charge in [0.25, 0.3) is 0 Å². The fraction of sp³-hybridized carbons (Fsp3) is 0.500. The van der Waals surface area contributed by atoms with Gasteiger partial charge >= 0.3 is 0 Å². The van der Waals surface area contributed by atoms with Crippen molar-refractivity contribution in [2.75, 3.05) is 0 Å². The molecule has 36 valence electrons. The first-order chi connectivity index (χ1) is 2.81. The van der Waals surface area contributed by atoms with Crippen molar-refractivity contribution in [1.82, 2.24) is 3.53 Å². The van der Waals surface area contributed by atoms with Crippen molar-refractivity contribution in [3.05, 3.63) is 0 Å². The molecular formula is C2H3I2NO. The number of nitrogens with one attached hydrogen (secondary N) is 1. The van der Waals surface area contributed by atoms with Crippen molar-refractivity contribution in [1.29, 1.82) is 0 Å². The van der Waals surface area contributed by atoms with E-state index < -0.39 is 0 Å². The van der Waals surface area contributed by atoms with Crippen molar-refractivity contribution in [3.63, 3.8) is 0 Å². The first kappa shape index (κ1) is 7.09. The predicted octanol–water partition coefficient (Wildman–Crippen LogP) is 0.886. The summed E-state index contributed by atoms with van der Waals surface area (Å²) >= 11 is 3.91. The first-order valence-electron chi connectivity index (χ1n) is 1.26. The lowest BCUT2D eigenvalue weighted by Crippen LogP contribution is -2.11. The molecule has 0 saturated carbocycles. The summed E-state index contributed by atoms with van der Waals surface area (Å²) < 4.78 is 2.66. The van der Waals surface area contributed by atoms with E-state index in [1.807, 2.05) is 45.5 Å². The highest BCUT2D eigenvalue weighted by Crippen LogP contribution is 1.91. The maximum atomic E-state index is 9.66. The van der Waals surface area contributed by atoms with Gasteiger partial charge in [0.05, 0.1) is 0 Å². The quantitative estimate of drug-likeness (QED) is 0.270. The van der Waals surface area contributed by atoms with Gasteiger partial charge in [0.1, 0.15) is 10.3 Å². The van der Waals surface area contributed by atoms with Crippen LogP contribution in [0.25, 0.3) is 0 Å². The molecule has 0 aromatic rings. The van der Waals surface area contributed by atoms with Crippen LogP contribution in [0.3, 0.4) is 0 Å². The van der Waals surface area contributed by atoms with E-state index >= 15 is 0 Å². The van der Waals surface area contributed by atoms with Gasteiger partial charge in [-0.1, -0.05) is 22.6 Å². The van der Waals surface area contributed by atoms with E-state index in [0.717, 1.165) is 6.29 Å². The van der Waals surface area contributed by atoms with E-state index in [2.05, 4.69) is 3.53 Å². The summed E-state index contributed by atoms with van der Waals surface area (Å²) in [5.74, 6) is 0. The van der Waals surface area contributed by atoms with E-state index in [1.54, 1.807) is 0 Å². The highest BCUT2D eigenvalue weighted by Gasteiger charge is 1.91. The molecule has 1 atom stereocenters. The van der Waals surface area contributed by atoms with Gasteiger partial charge in [-0.05, 0) is 0 Å². The lowest BCUT2D eigenvalue weighted by molar-refractivity contribution is -0.107. The molecule has 0 aliphatic heterocycles. The number of carbonyl (C=O) groups excluding carboxylic acids is 1. The Labute approximate surface area is 63.7 Å². The summed E-state index contributed by atoms with van der Waals surface area (Å²) in [6.07, 6.45) is 0.840. The minimum absolute atomic E-state index is 0.0387. The molecule has 0 aromatic carbocycles. The zero-order valence-electron chi connectivity index (χ0n) is 2.82. The number of rotatable bonds is 2. The van der Waals surface area contributed by atoms with Crippen LogP contribution in [-0.2, 0) is 4.79 Å². The second-order valence-electron chi connectivity index (χ2n) is 0.647. The SMILES string of the molecule is O=CC(I)NI. The van der Waals surface area contributed by atoms with Gasteiger partial charge in [-0.25, -0.2) is 3.53 Å². The van der Waals surface area contributed by atoms with Crippen LogP contribution >= 0.6 is 45.5 Å². The number of carbonyl (C=O) groups is 1. The topological polar surface area (TPSA) is 29.1 Å². The molecule has 0 fully saturated rings. The van der Waals surface area contributed by atoms with Crippen LogP contribution in [0.5, 0.6) is 0 Å². The minimum Gasteiger partial charge on any atom is -0.301 e. The average molecular weight is 311 g/mol. The second kappa shape index (κ2) is 4.25. The Morgan fingerprint density at radius 2 is 2.33 bits per heavy atom. The predicted molar refractivity (Wildman–Crippen MR) is 41.0 cm³/mol. The van der Waals surface area contributed by atoms with Gasteiger partial charge < -0.3 is 4.79 Å². The Morgan fingerprint density at radius 3 is 2.33 bits per heavy atom. The Balaban J connectivity index is 2.96. The van der Waals surface area contributed by atoms with Crippen molar-refractivity contribution in [3.8, 4) is 0 Å². The van der Waals surface area contributed by atoms with Crippen LogP contribution in [0.15, 0.2) is 0 Å². The third-order valence-corrected chi connectivity index (χ3v) is 2.69. The first-order valence-corrected chi connectivity index (χ1v) is 3.59.